The number of hydrogen-bond donors (Lipinski definition) is 0. The molecule has 1 aliphatic rings. The summed E-state index contributed by atoms with van der Waals surface area (Å²) in [6.07, 6.45) is 2.55. The molecule has 4 heteroatoms. The summed E-state index contributed by atoms with van der Waals surface area (Å²) in [4.78, 5) is 0.270. The Labute approximate surface area is 102 Å². The minimum atomic E-state index is -3.53. The summed E-state index contributed by atoms with van der Waals surface area (Å²) in [7, 11) is -3.53. The van der Waals surface area contributed by atoms with Crippen molar-refractivity contribution in [2.24, 2.45) is 0 Å². The summed E-state index contributed by atoms with van der Waals surface area (Å²) in [5.41, 5.74) is 1.02. The average molecular weight is 249 g/mol. The lowest BCUT2D eigenvalue weighted by Gasteiger charge is -2.20. The van der Waals surface area contributed by atoms with Crippen molar-refractivity contribution in [1.82, 2.24) is 0 Å². The van der Waals surface area contributed by atoms with Crippen LogP contribution < -0.4 is 0 Å². The van der Waals surface area contributed by atoms with Gasteiger partial charge in [-0.1, -0.05) is 30.5 Å². The zero-order valence-electron chi connectivity index (χ0n) is 9.81. The van der Waals surface area contributed by atoms with E-state index in [4.69, 9.17) is 0 Å². The van der Waals surface area contributed by atoms with Crippen LogP contribution in [-0.2, 0) is 9.84 Å². The van der Waals surface area contributed by atoms with Gasteiger partial charge < -0.3 is 0 Å². The van der Waals surface area contributed by atoms with Gasteiger partial charge in [0.05, 0.1) is 11.0 Å². The van der Waals surface area contributed by atoms with Crippen molar-refractivity contribution >= 4 is 9.84 Å². The first-order valence-electron chi connectivity index (χ1n) is 5.74. The predicted octanol–water partition coefficient (Wildman–Crippen LogP) is 2.61. The third-order valence-corrected chi connectivity index (χ3v) is 5.88. The van der Waals surface area contributed by atoms with E-state index in [1.165, 1.54) is 0 Å². The zero-order valence-corrected chi connectivity index (χ0v) is 10.6. The number of rotatable bonds is 2. The Balaban J connectivity index is 2.50. The summed E-state index contributed by atoms with van der Waals surface area (Å²) in [6, 6.07) is 8.78. The highest BCUT2D eigenvalue weighted by Crippen LogP contribution is 2.39. The molecule has 17 heavy (non-hydrogen) atoms. The van der Waals surface area contributed by atoms with E-state index in [9.17, 15) is 13.7 Å². The topological polar surface area (TPSA) is 57.9 Å². The molecule has 0 spiro atoms. The highest BCUT2D eigenvalue weighted by atomic mass is 32.2. The second-order valence-electron chi connectivity index (χ2n) is 4.63. The molecule has 2 rings (SSSR count). The number of nitrogens with zero attached hydrogens (tertiary/aromatic N) is 1. The summed E-state index contributed by atoms with van der Waals surface area (Å²) in [5.74, 6) is 0. The van der Waals surface area contributed by atoms with Gasteiger partial charge in [0, 0.05) is 0 Å². The summed E-state index contributed by atoms with van der Waals surface area (Å²) >= 11 is 0. The van der Waals surface area contributed by atoms with Crippen LogP contribution in [0.15, 0.2) is 29.2 Å². The second-order valence-corrected chi connectivity index (χ2v) is 6.89. The number of hydrogen-bond acceptors (Lipinski definition) is 3. The molecule has 0 radical (unpaired) electrons. The molecule has 0 bridgehead atoms. The molecular formula is C13H15NO2S. The monoisotopic (exact) mass is 249 g/mol. The van der Waals surface area contributed by atoms with Crippen molar-refractivity contribution in [1.29, 1.82) is 5.26 Å². The molecule has 0 saturated heterocycles. The van der Waals surface area contributed by atoms with Crippen molar-refractivity contribution in [3.63, 3.8) is 0 Å². The van der Waals surface area contributed by atoms with E-state index < -0.39 is 14.6 Å². The van der Waals surface area contributed by atoms with E-state index in [1.54, 1.807) is 24.3 Å². The number of benzene rings is 1. The fourth-order valence-electron chi connectivity index (χ4n) is 2.33. The number of sulfone groups is 1. The Morgan fingerprint density at radius 3 is 2.18 bits per heavy atom. The van der Waals surface area contributed by atoms with Gasteiger partial charge in [0.25, 0.3) is 0 Å². The maximum atomic E-state index is 12.5. The smallest absolute Gasteiger partial charge is 0.197 e. The zero-order chi connectivity index (χ0) is 12.5. The molecule has 3 nitrogen and oxygen atoms in total. The molecule has 0 atom stereocenters. The highest BCUT2D eigenvalue weighted by molar-refractivity contribution is 7.93. The molecule has 1 saturated carbocycles. The van der Waals surface area contributed by atoms with Crippen LogP contribution in [0.25, 0.3) is 0 Å². The largest absolute Gasteiger partial charge is 0.222 e. The molecule has 1 aromatic carbocycles. The molecule has 1 aromatic rings. The Hall–Kier alpha value is -1.34. The maximum absolute atomic E-state index is 12.5. The van der Waals surface area contributed by atoms with Crippen molar-refractivity contribution in [3.05, 3.63) is 29.8 Å². The van der Waals surface area contributed by atoms with E-state index in [-0.39, 0.29) is 4.90 Å². The van der Waals surface area contributed by atoms with Gasteiger partial charge in [-0.3, -0.25) is 0 Å². The minimum Gasteiger partial charge on any atom is -0.222 e. The van der Waals surface area contributed by atoms with Crippen LogP contribution >= 0.6 is 0 Å². The normalized spacial score (nSPS) is 18.8. The lowest BCUT2D eigenvalue weighted by atomic mass is 10.1. The van der Waals surface area contributed by atoms with Gasteiger partial charge >= 0.3 is 0 Å². The van der Waals surface area contributed by atoms with Gasteiger partial charge in [0.2, 0.25) is 0 Å². The summed E-state index contributed by atoms with van der Waals surface area (Å²) < 4.78 is 23.8. The van der Waals surface area contributed by atoms with Crippen LogP contribution in [0.3, 0.4) is 0 Å². The molecule has 90 valence electrons. The van der Waals surface area contributed by atoms with Gasteiger partial charge in [-0.15, -0.1) is 0 Å². The first-order chi connectivity index (χ1) is 8.02. The average Bonchev–Trinajstić information content (AvgIpc) is 2.79. The van der Waals surface area contributed by atoms with Crippen LogP contribution in [0.4, 0.5) is 0 Å². The van der Waals surface area contributed by atoms with Crippen LogP contribution in [0, 0.1) is 18.3 Å². The molecule has 1 fully saturated rings. The first-order valence-corrected chi connectivity index (χ1v) is 7.23. The van der Waals surface area contributed by atoms with Crippen LogP contribution in [0.5, 0.6) is 0 Å². The van der Waals surface area contributed by atoms with Crippen molar-refractivity contribution in [2.75, 3.05) is 0 Å². The molecule has 0 amide bonds. The van der Waals surface area contributed by atoms with E-state index in [2.05, 4.69) is 0 Å². The molecule has 0 unspecified atom stereocenters. The van der Waals surface area contributed by atoms with Crippen LogP contribution in [0.2, 0.25) is 0 Å². The SMILES string of the molecule is Cc1ccc(S(=O)(=O)C2(C#N)CCCC2)cc1. The van der Waals surface area contributed by atoms with Crippen molar-refractivity contribution in [3.8, 4) is 6.07 Å². The van der Waals surface area contributed by atoms with E-state index in [0.29, 0.717) is 12.8 Å². The highest BCUT2D eigenvalue weighted by Gasteiger charge is 2.47. The molecule has 0 aliphatic heterocycles. The van der Waals surface area contributed by atoms with Crippen LogP contribution in [0.1, 0.15) is 31.2 Å². The van der Waals surface area contributed by atoms with Gasteiger partial charge in [0.15, 0.2) is 14.6 Å². The quantitative estimate of drug-likeness (QED) is 0.809. The van der Waals surface area contributed by atoms with Gasteiger partial charge in [-0.05, 0) is 31.9 Å². The molecule has 1 aliphatic carbocycles. The molecular weight excluding hydrogens is 234 g/mol. The second kappa shape index (κ2) is 4.15. The Morgan fingerprint density at radius 1 is 1.18 bits per heavy atom. The lowest BCUT2D eigenvalue weighted by Crippen LogP contribution is -2.34. The van der Waals surface area contributed by atoms with E-state index >= 15 is 0 Å². The Bertz CT molecular complexity index is 546. The predicted molar refractivity (Wildman–Crippen MR) is 65.2 cm³/mol. The van der Waals surface area contributed by atoms with Crippen LogP contribution in [-0.4, -0.2) is 13.2 Å². The lowest BCUT2D eigenvalue weighted by molar-refractivity contribution is 0.557. The van der Waals surface area contributed by atoms with Crippen molar-refractivity contribution in [2.45, 2.75) is 42.2 Å². The Morgan fingerprint density at radius 2 is 1.71 bits per heavy atom. The number of nitriles is 1. The first kappa shape index (κ1) is 12.1. The summed E-state index contributed by atoms with van der Waals surface area (Å²) in [5, 5.41) is 9.24. The fourth-order valence-corrected chi connectivity index (χ4v) is 4.22. The summed E-state index contributed by atoms with van der Waals surface area (Å²) in [6.45, 7) is 1.91. The third kappa shape index (κ3) is 1.85. The van der Waals surface area contributed by atoms with Gasteiger partial charge in [0.1, 0.15) is 0 Å². The fraction of sp³-hybridized carbons (Fsp3) is 0.462. The molecule has 0 aromatic heterocycles. The molecule has 0 heterocycles. The van der Waals surface area contributed by atoms with Crippen molar-refractivity contribution < 1.29 is 8.42 Å². The third-order valence-electron chi connectivity index (χ3n) is 3.46. The van der Waals surface area contributed by atoms with Gasteiger partial charge in [-0.2, -0.15) is 5.26 Å². The standard InChI is InChI=1S/C13H15NO2S/c1-11-4-6-12(7-5-11)17(15,16)13(10-14)8-2-3-9-13/h4-7H,2-3,8-9H2,1H3. The minimum absolute atomic E-state index is 0.270. The van der Waals surface area contributed by atoms with Gasteiger partial charge in [-0.25, -0.2) is 8.42 Å². The molecule has 0 N–H and O–H groups in total. The van der Waals surface area contributed by atoms with E-state index in [0.717, 1.165) is 18.4 Å². The Kier molecular flexibility index (Phi) is 2.96. The maximum Gasteiger partial charge on any atom is 0.197 e. The number of aryl methyl sites for hydroxylation is 1. The van der Waals surface area contributed by atoms with E-state index in [1.807, 2.05) is 13.0 Å².